The molecular formula is C15H15FN2O. The van der Waals surface area contributed by atoms with Gasteiger partial charge >= 0.3 is 0 Å². The average molecular weight is 258 g/mol. The lowest BCUT2D eigenvalue weighted by Crippen LogP contribution is -2.15. The van der Waals surface area contributed by atoms with Gasteiger partial charge in [0, 0.05) is 0 Å². The zero-order valence-corrected chi connectivity index (χ0v) is 10.6. The predicted octanol–water partition coefficient (Wildman–Crippen LogP) is 2.90. The van der Waals surface area contributed by atoms with Crippen LogP contribution in [0.3, 0.4) is 0 Å². The van der Waals surface area contributed by atoms with Gasteiger partial charge in [-0.3, -0.25) is 4.79 Å². The van der Waals surface area contributed by atoms with Gasteiger partial charge in [0.25, 0.3) is 0 Å². The maximum absolute atomic E-state index is 13.1. The van der Waals surface area contributed by atoms with Gasteiger partial charge < -0.3 is 11.1 Å². The first kappa shape index (κ1) is 13.1. The minimum Gasteiger partial charge on any atom is -0.397 e. The van der Waals surface area contributed by atoms with Crippen molar-refractivity contribution in [3.63, 3.8) is 0 Å². The molecule has 19 heavy (non-hydrogen) atoms. The molecule has 4 heteroatoms. The van der Waals surface area contributed by atoms with E-state index in [-0.39, 0.29) is 12.3 Å². The van der Waals surface area contributed by atoms with Gasteiger partial charge in [-0.15, -0.1) is 0 Å². The van der Waals surface area contributed by atoms with Crippen molar-refractivity contribution in [3.05, 3.63) is 59.4 Å². The predicted molar refractivity (Wildman–Crippen MR) is 74.3 cm³/mol. The lowest BCUT2D eigenvalue weighted by molar-refractivity contribution is -0.115. The van der Waals surface area contributed by atoms with Crippen LogP contribution in [0.4, 0.5) is 15.8 Å². The van der Waals surface area contributed by atoms with E-state index in [2.05, 4.69) is 5.32 Å². The Morgan fingerprint density at radius 3 is 2.79 bits per heavy atom. The molecule has 0 unspecified atom stereocenters. The van der Waals surface area contributed by atoms with Gasteiger partial charge in [-0.2, -0.15) is 0 Å². The van der Waals surface area contributed by atoms with Crippen molar-refractivity contribution in [2.75, 3.05) is 11.1 Å². The molecule has 0 aromatic heterocycles. The van der Waals surface area contributed by atoms with E-state index in [1.165, 1.54) is 18.2 Å². The normalized spacial score (nSPS) is 10.2. The first-order valence-corrected chi connectivity index (χ1v) is 5.95. The Balaban J connectivity index is 2.07. The molecule has 0 radical (unpaired) electrons. The summed E-state index contributed by atoms with van der Waals surface area (Å²) in [6.07, 6.45) is 0.234. The topological polar surface area (TPSA) is 55.1 Å². The Bertz CT molecular complexity index is 611. The first-order chi connectivity index (χ1) is 9.04. The zero-order valence-electron chi connectivity index (χ0n) is 10.6. The van der Waals surface area contributed by atoms with Gasteiger partial charge in [0.05, 0.1) is 17.8 Å². The molecule has 0 saturated heterocycles. The van der Waals surface area contributed by atoms with Gasteiger partial charge in [-0.05, 0) is 30.7 Å². The van der Waals surface area contributed by atoms with E-state index in [1.807, 2.05) is 31.2 Å². The molecule has 3 nitrogen and oxygen atoms in total. The van der Waals surface area contributed by atoms with Crippen LogP contribution in [0.2, 0.25) is 0 Å². The molecule has 0 aliphatic rings. The number of hydrogen-bond donors (Lipinski definition) is 2. The van der Waals surface area contributed by atoms with E-state index < -0.39 is 5.82 Å². The Morgan fingerprint density at radius 2 is 2.05 bits per heavy atom. The van der Waals surface area contributed by atoms with Crippen molar-refractivity contribution in [1.29, 1.82) is 0 Å². The van der Waals surface area contributed by atoms with Crippen molar-refractivity contribution in [2.45, 2.75) is 13.3 Å². The summed E-state index contributed by atoms with van der Waals surface area (Å²) in [7, 11) is 0. The minimum atomic E-state index is -0.431. The van der Waals surface area contributed by atoms with E-state index in [1.54, 1.807) is 0 Å². The second-order valence-electron chi connectivity index (χ2n) is 4.45. The molecule has 0 spiro atoms. The SMILES string of the molecule is Cc1cccc(CC(=O)Nc2cc(F)ccc2N)c1. The van der Waals surface area contributed by atoms with E-state index in [9.17, 15) is 9.18 Å². The third-order valence-corrected chi connectivity index (χ3v) is 2.74. The van der Waals surface area contributed by atoms with Crippen LogP contribution in [-0.4, -0.2) is 5.91 Å². The summed E-state index contributed by atoms with van der Waals surface area (Å²) in [5, 5.41) is 2.62. The van der Waals surface area contributed by atoms with Crippen molar-refractivity contribution < 1.29 is 9.18 Å². The number of nitrogens with two attached hydrogens (primary N) is 1. The number of benzene rings is 2. The number of hydrogen-bond acceptors (Lipinski definition) is 2. The Labute approximate surface area is 111 Å². The Morgan fingerprint density at radius 1 is 1.26 bits per heavy atom. The van der Waals surface area contributed by atoms with E-state index >= 15 is 0 Å². The number of amides is 1. The fourth-order valence-corrected chi connectivity index (χ4v) is 1.84. The number of nitrogens with one attached hydrogen (secondary N) is 1. The first-order valence-electron chi connectivity index (χ1n) is 5.95. The van der Waals surface area contributed by atoms with E-state index in [4.69, 9.17) is 5.73 Å². The monoisotopic (exact) mass is 258 g/mol. The molecule has 0 aliphatic heterocycles. The quantitative estimate of drug-likeness (QED) is 0.832. The number of carbonyl (C=O) groups is 1. The molecule has 0 atom stereocenters. The highest BCUT2D eigenvalue weighted by atomic mass is 19.1. The second-order valence-corrected chi connectivity index (χ2v) is 4.45. The number of halogens is 1. The van der Waals surface area contributed by atoms with Gasteiger partial charge in [-0.1, -0.05) is 29.8 Å². The number of carbonyl (C=O) groups excluding carboxylic acids is 1. The van der Waals surface area contributed by atoms with Crippen LogP contribution in [0.15, 0.2) is 42.5 Å². The third kappa shape index (κ3) is 3.55. The molecule has 0 heterocycles. The summed E-state index contributed by atoms with van der Waals surface area (Å²) < 4.78 is 13.1. The highest BCUT2D eigenvalue weighted by Crippen LogP contribution is 2.19. The molecule has 2 rings (SSSR count). The summed E-state index contributed by atoms with van der Waals surface area (Å²) in [5.41, 5.74) is 8.33. The van der Waals surface area contributed by atoms with Crippen LogP contribution in [0.25, 0.3) is 0 Å². The van der Waals surface area contributed by atoms with E-state index in [0.29, 0.717) is 11.4 Å². The fourth-order valence-electron chi connectivity index (χ4n) is 1.84. The second kappa shape index (κ2) is 5.52. The minimum absolute atomic E-state index is 0.220. The molecule has 0 aliphatic carbocycles. The van der Waals surface area contributed by atoms with Crippen LogP contribution in [0, 0.1) is 12.7 Å². The average Bonchev–Trinajstić information content (AvgIpc) is 2.34. The standard InChI is InChI=1S/C15H15FN2O/c1-10-3-2-4-11(7-10)8-15(19)18-14-9-12(16)5-6-13(14)17/h2-7,9H,8,17H2,1H3,(H,18,19). The number of anilines is 2. The molecule has 1 amide bonds. The van der Waals surface area contributed by atoms with E-state index in [0.717, 1.165) is 11.1 Å². The third-order valence-electron chi connectivity index (χ3n) is 2.74. The number of aryl methyl sites for hydroxylation is 1. The number of rotatable bonds is 3. The lowest BCUT2D eigenvalue weighted by atomic mass is 10.1. The summed E-state index contributed by atoms with van der Waals surface area (Å²) in [4.78, 5) is 11.9. The van der Waals surface area contributed by atoms with Crippen LogP contribution in [0.1, 0.15) is 11.1 Å². The fraction of sp³-hybridized carbons (Fsp3) is 0.133. The van der Waals surface area contributed by atoms with Crippen LogP contribution in [-0.2, 0) is 11.2 Å². The molecule has 2 aromatic carbocycles. The maximum Gasteiger partial charge on any atom is 0.228 e. The smallest absolute Gasteiger partial charge is 0.228 e. The highest BCUT2D eigenvalue weighted by Gasteiger charge is 2.07. The highest BCUT2D eigenvalue weighted by molar-refractivity contribution is 5.95. The summed E-state index contributed by atoms with van der Waals surface area (Å²) in [6.45, 7) is 1.96. The maximum atomic E-state index is 13.1. The molecule has 0 fully saturated rings. The van der Waals surface area contributed by atoms with Crippen molar-refractivity contribution >= 4 is 17.3 Å². The van der Waals surface area contributed by atoms with Crippen molar-refractivity contribution in [3.8, 4) is 0 Å². The largest absolute Gasteiger partial charge is 0.397 e. The van der Waals surface area contributed by atoms with Gasteiger partial charge in [0.2, 0.25) is 5.91 Å². The lowest BCUT2D eigenvalue weighted by Gasteiger charge is -2.08. The molecule has 0 bridgehead atoms. The Hall–Kier alpha value is -2.36. The van der Waals surface area contributed by atoms with Gasteiger partial charge in [0.1, 0.15) is 5.82 Å². The van der Waals surface area contributed by atoms with Crippen LogP contribution >= 0.6 is 0 Å². The summed E-state index contributed by atoms with van der Waals surface area (Å²) >= 11 is 0. The summed E-state index contributed by atoms with van der Waals surface area (Å²) in [5.74, 6) is -0.650. The Kier molecular flexibility index (Phi) is 3.80. The van der Waals surface area contributed by atoms with Gasteiger partial charge in [-0.25, -0.2) is 4.39 Å². The molecule has 3 N–H and O–H groups in total. The van der Waals surface area contributed by atoms with Crippen LogP contribution in [0.5, 0.6) is 0 Å². The van der Waals surface area contributed by atoms with Crippen molar-refractivity contribution in [1.82, 2.24) is 0 Å². The molecular weight excluding hydrogens is 243 g/mol. The zero-order chi connectivity index (χ0) is 13.8. The summed E-state index contributed by atoms with van der Waals surface area (Å²) in [6, 6.07) is 11.6. The van der Waals surface area contributed by atoms with Crippen LogP contribution < -0.4 is 11.1 Å². The van der Waals surface area contributed by atoms with Crippen molar-refractivity contribution in [2.24, 2.45) is 0 Å². The molecule has 2 aromatic rings. The van der Waals surface area contributed by atoms with Gasteiger partial charge in [0.15, 0.2) is 0 Å². The molecule has 0 saturated carbocycles. The number of nitrogen functional groups attached to an aromatic ring is 1. The molecule has 98 valence electrons.